The number of hydrogen-bond acceptors (Lipinski definition) is 1. The molecule has 29 heavy (non-hydrogen) atoms. The van der Waals surface area contributed by atoms with Gasteiger partial charge in [0.05, 0.1) is 0 Å². The van der Waals surface area contributed by atoms with Crippen LogP contribution in [0, 0.1) is 0 Å². The first-order valence-corrected chi connectivity index (χ1v) is 14.2. The van der Waals surface area contributed by atoms with Crippen LogP contribution in [0.2, 0.25) is 0 Å². The minimum atomic E-state index is -0.650. The third-order valence-corrected chi connectivity index (χ3v) is 6.59. The molecule has 0 saturated heterocycles. The summed E-state index contributed by atoms with van der Waals surface area (Å²) < 4.78 is 0. The first-order valence-electron chi connectivity index (χ1n) is 13.0. The molecule has 3 heteroatoms. The average molecular weight is 476 g/mol. The lowest BCUT2D eigenvalue weighted by atomic mass is 10.0. The van der Waals surface area contributed by atoms with Crippen LogP contribution in [0.5, 0.6) is 0 Å². The van der Waals surface area contributed by atoms with Crippen molar-refractivity contribution in [2.24, 2.45) is 0 Å². The summed E-state index contributed by atoms with van der Waals surface area (Å²) in [6.45, 7) is 0. The molecule has 0 spiro atoms. The summed E-state index contributed by atoms with van der Waals surface area (Å²) >= 11 is 3.50. The topological polar surface area (TPSA) is 37.3 Å². The van der Waals surface area contributed by atoms with Crippen molar-refractivity contribution in [3.63, 3.8) is 0 Å². The van der Waals surface area contributed by atoms with Gasteiger partial charge in [-0.25, -0.2) is 0 Å². The van der Waals surface area contributed by atoms with E-state index < -0.39 is 5.97 Å². The first kappa shape index (κ1) is 28.9. The van der Waals surface area contributed by atoms with Crippen LogP contribution in [0.4, 0.5) is 0 Å². The highest BCUT2D eigenvalue weighted by Crippen LogP contribution is 2.15. The van der Waals surface area contributed by atoms with E-state index in [9.17, 15) is 4.79 Å². The summed E-state index contributed by atoms with van der Waals surface area (Å²) in [5, 5.41) is 9.76. The fourth-order valence-corrected chi connectivity index (χ4v) is 4.48. The predicted molar refractivity (Wildman–Crippen MR) is 132 cm³/mol. The number of aliphatic carboxylic acids is 1. The standard InChI is InChI=1S/C26H51BrO2/c27-25-23-21-19-17-15-13-11-9-7-5-3-1-2-4-6-8-10-12-14-16-18-20-22-24-26(28)29/h1-25H2,(H,28,29). The minimum absolute atomic E-state index is 0.345. The van der Waals surface area contributed by atoms with Crippen LogP contribution in [0.3, 0.4) is 0 Å². The van der Waals surface area contributed by atoms with Crippen LogP contribution >= 0.6 is 15.9 Å². The number of carboxylic acids is 1. The van der Waals surface area contributed by atoms with Gasteiger partial charge in [-0.3, -0.25) is 4.79 Å². The number of rotatable bonds is 25. The largest absolute Gasteiger partial charge is 0.481 e. The molecule has 0 bridgehead atoms. The first-order chi connectivity index (χ1) is 14.3. The van der Waals surface area contributed by atoms with E-state index >= 15 is 0 Å². The Bertz CT molecular complexity index is 320. The molecule has 0 aliphatic rings. The molecule has 0 radical (unpaired) electrons. The van der Waals surface area contributed by atoms with Crippen molar-refractivity contribution in [1.29, 1.82) is 0 Å². The van der Waals surface area contributed by atoms with Crippen LogP contribution in [-0.2, 0) is 4.79 Å². The van der Waals surface area contributed by atoms with Gasteiger partial charge in [0.1, 0.15) is 0 Å². The second-order valence-electron chi connectivity index (χ2n) is 8.96. The van der Waals surface area contributed by atoms with Gasteiger partial charge in [-0.05, 0) is 12.8 Å². The highest BCUT2D eigenvalue weighted by Gasteiger charge is 1.97. The molecule has 0 aromatic heterocycles. The van der Waals surface area contributed by atoms with Gasteiger partial charge in [-0.15, -0.1) is 0 Å². The number of alkyl halides is 1. The van der Waals surface area contributed by atoms with E-state index in [0.29, 0.717) is 6.42 Å². The van der Waals surface area contributed by atoms with Crippen molar-refractivity contribution in [3.05, 3.63) is 0 Å². The Morgan fingerprint density at radius 2 is 0.621 bits per heavy atom. The van der Waals surface area contributed by atoms with Crippen molar-refractivity contribution >= 4 is 21.9 Å². The van der Waals surface area contributed by atoms with Crippen molar-refractivity contribution in [1.82, 2.24) is 0 Å². The third kappa shape index (κ3) is 28.0. The molecule has 0 fully saturated rings. The summed E-state index contributed by atoms with van der Waals surface area (Å²) in [4.78, 5) is 10.4. The second kappa shape index (κ2) is 26.0. The third-order valence-electron chi connectivity index (χ3n) is 6.02. The molecular formula is C26H51BrO2. The zero-order valence-corrected chi connectivity index (χ0v) is 21.0. The highest BCUT2D eigenvalue weighted by molar-refractivity contribution is 9.09. The monoisotopic (exact) mass is 474 g/mol. The molecule has 1 N–H and O–H groups in total. The Hall–Kier alpha value is -0.0500. The number of halogens is 1. The van der Waals surface area contributed by atoms with Crippen LogP contribution < -0.4 is 0 Å². The molecule has 0 atom stereocenters. The molecule has 0 unspecified atom stereocenters. The Labute approximate surface area is 191 Å². The lowest BCUT2D eigenvalue weighted by molar-refractivity contribution is -0.137. The van der Waals surface area contributed by atoms with Crippen molar-refractivity contribution < 1.29 is 9.90 Å². The zero-order valence-electron chi connectivity index (χ0n) is 19.4. The second-order valence-corrected chi connectivity index (χ2v) is 9.76. The zero-order chi connectivity index (χ0) is 21.3. The molecule has 174 valence electrons. The maximum Gasteiger partial charge on any atom is 0.303 e. The Balaban J connectivity index is 2.99. The summed E-state index contributed by atoms with van der Waals surface area (Å²) in [7, 11) is 0. The number of carboxylic acid groups (broad SMARTS) is 1. The van der Waals surface area contributed by atoms with E-state index in [0.717, 1.165) is 12.8 Å². The molecular weight excluding hydrogens is 424 g/mol. The van der Waals surface area contributed by atoms with Crippen molar-refractivity contribution in [3.8, 4) is 0 Å². The molecule has 0 amide bonds. The number of carbonyl (C=O) groups is 1. The normalized spacial score (nSPS) is 11.2. The maximum atomic E-state index is 10.4. The van der Waals surface area contributed by atoms with Crippen LogP contribution in [0.15, 0.2) is 0 Å². The maximum absolute atomic E-state index is 10.4. The Morgan fingerprint density at radius 1 is 0.414 bits per heavy atom. The molecule has 2 nitrogen and oxygen atoms in total. The lowest BCUT2D eigenvalue weighted by Crippen LogP contribution is -1.93. The summed E-state index contributed by atoms with van der Waals surface area (Å²) in [5.74, 6) is -0.650. The van der Waals surface area contributed by atoms with E-state index in [2.05, 4.69) is 15.9 Å². The minimum Gasteiger partial charge on any atom is -0.481 e. The predicted octanol–water partition coefficient (Wildman–Crippen LogP) is 9.83. The van der Waals surface area contributed by atoms with Crippen molar-refractivity contribution in [2.45, 2.75) is 154 Å². The van der Waals surface area contributed by atoms with Crippen LogP contribution in [0.1, 0.15) is 154 Å². The molecule has 0 aromatic rings. The number of unbranched alkanes of at least 4 members (excludes halogenated alkanes) is 22. The Kier molecular flexibility index (Phi) is 25.9. The van der Waals surface area contributed by atoms with Gasteiger partial charge in [0.25, 0.3) is 0 Å². The molecule has 0 aliphatic heterocycles. The van der Waals surface area contributed by atoms with Crippen LogP contribution in [-0.4, -0.2) is 16.4 Å². The summed E-state index contributed by atoms with van der Waals surface area (Å²) in [6.07, 6.45) is 31.9. The van der Waals surface area contributed by atoms with Gasteiger partial charge >= 0.3 is 5.97 Å². The van der Waals surface area contributed by atoms with E-state index in [1.807, 2.05) is 0 Å². The quantitative estimate of drug-likeness (QED) is 0.105. The molecule has 0 aliphatic carbocycles. The smallest absolute Gasteiger partial charge is 0.303 e. The fraction of sp³-hybridized carbons (Fsp3) is 0.962. The number of hydrogen-bond donors (Lipinski definition) is 1. The molecule has 0 rings (SSSR count). The van der Waals surface area contributed by atoms with Crippen LogP contribution in [0.25, 0.3) is 0 Å². The van der Waals surface area contributed by atoms with Crippen molar-refractivity contribution in [2.75, 3.05) is 5.33 Å². The molecule has 0 saturated carbocycles. The van der Waals surface area contributed by atoms with E-state index in [-0.39, 0.29) is 0 Å². The van der Waals surface area contributed by atoms with Gasteiger partial charge in [-0.1, -0.05) is 151 Å². The summed E-state index contributed by atoms with van der Waals surface area (Å²) in [6, 6.07) is 0. The summed E-state index contributed by atoms with van der Waals surface area (Å²) in [5.41, 5.74) is 0. The van der Waals surface area contributed by atoms with E-state index in [1.54, 1.807) is 0 Å². The fourth-order valence-electron chi connectivity index (χ4n) is 4.08. The Morgan fingerprint density at radius 3 is 0.828 bits per heavy atom. The molecule has 0 aromatic carbocycles. The molecule has 0 heterocycles. The SMILES string of the molecule is O=C(O)CCCCCCCCCCCCCCCCCCCCCCCCCBr. The van der Waals surface area contributed by atoms with Gasteiger partial charge in [0.15, 0.2) is 0 Å². The van der Waals surface area contributed by atoms with E-state index in [4.69, 9.17) is 5.11 Å². The highest BCUT2D eigenvalue weighted by atomic mass is 79.9. The van der Waals surface area contributed by atoms with E-state index in [1.165, 1.54) is 140 Å². The van der Waals surface area contributed by atoms with Gasteiger partial charge in [-0.2, -0.15) is 0 Å². The van der Waals surface area contributed by atoms with Gasteiger partial charge in [0, 0.05) is 11.8 Å². The average Bonchev–Trinajstić information content (AvgIpc) is 2.71. The van der Waals surface area contributed by atoms with Gasteiger partial charge < -0.3 is 5.11 Å². The lowest BCUT2D eigenvalue weighted by Gasteiger charge is -2.04. The van der Waals surface area contributed by atoms with Gasteiger partial charge in [0.2, 0.25) is 0 Å².